The highest BCUT2D eigenvalue weighted by Gasteiger charge is 2.38. The Labute approximate surface area is 136 Å². The summed E-state index contributed by atoms with van der Waals surface area (Å²) in [7, 11) is 2.05. The van der Waals surface area contributed by atoms with E-state index < -0.39 is 0 Å². The molecule has 0 spiro atoms. The van der Waals surface area contributed by atoms with Gasteiger partial charge in [-0.15, -0.1) is 0 Å². The lowest BCUT2D eigenvalue weighted by molar-refractivity contribution is -0.0314. The molecule has 0 radical (unpaired) electrons. The van der Waals surface area contributed by atoms with Crippen LogP contribution in [0.3, 0.4) is 0 Å². The van der Waals surface area contributed by atoms with Gasteiger partial charge < -0.3 is 10.1 Å². The predicted molar refractivity (Wildman–Crippen MR) is 89.6 cm³/mol. The van der Waals surface area contributed by atoms with Crippen LogP contribution in [0.25, 0.3) is 0 Å². The summed E-state index contributed by atoms with van der Waals surface area (Å²) >= 11 is 3.44. The molecule has 1 fully saturated rings. The van der Waals surface area contributed by atoms with E-state index in [2.05, 4.69) is 64.2 Å². The van der Waals surface area contributed by atoms with Crippen LogP contribution in [-0.2, 0) is 11.2 Å². The minimum Gasteiger partial charge on any atom is -0.379 e. The first-order chi connectivity index (χ1) is 10.1. The number of hydrogen-bond acceptors (Lipinski definition) is 4. The summed E-state index contributed by atoms with van der Waals surface area (Å²) in [6.45, 7) is 8.32. The van der Waals surface area contributed by atoms with E-state index in [1.54, 1.807) is 0 Å². The first-order valence-electron chi connectivity index (χ1n) is 7.70. The number of likely N-dealkylation sites (N-methyl/N-ethyl adjacent to an activating group) is 1. The molecular weight excluding hydrogens is 330 g/mol. The second-order valence-electron chi connectivity index (χ2n) is 5.82. The van der Waals surface area contributed by atoms with Crippen LogP contribution in [-0.4, -0.2) is 54.8 Å². The quantitative estimate of drug-likeness (QED) is 0.850. The van der Waals surface area contributed by atoms with Gasteiger partial charge in [0.25, 0.3) is 0 Å². The topological polar surface area (TPSA) is 37.4 Å². The standard InChI is InChI=1S/C16H26BrN3O/c1-4-16(2,20-7-9-21-10-8-20)15(18-3)11-14-6-5-13(17)12-19-14/h5-6,12,15,18H,4,7-11H2,1-3H3. The molecule has 0 saturated carbocycles. The van der Waals surface area contributed by atoms with Crippen LogP contribution in [0, 0.1) is 0 Å². The molecule has 0 aromatic carbocycles. The molecular formula is C16H26BrN3O. The molecule has 1 aliphatic rings. The molecule has 1 N–H and O–H groups in total. The fourth-order valence-electron chi connectivity index (χ4n) is 3.13. The van der Waals surface area contributed by atoms with Crippen LogP contribution in [0.1, 0.15) is 26.0 Å². The Kier molecular flexibility index (Phi) is 6.17. The number of ether oxygens (including phenoxy) is 1. The van der Waals surface area contributed by atoms with Gasteiger partial charge in [-0.25, -0.2) is 0 Å². The smallest absolute Gasteiger partial charge is 0.0594 e. The van der Waals surface area contributed by atoms with Crippen LogP contribution in [0.5, 0.6) is 0 Å². The Hall–Kier alpha value is -0.490. The molecule has 5 heteroatoms. The lowest BCUT2D eigenvalue weighted by atomic mass is 9.84. The van der Waals surface area contributed by atoms with Crippen molar-refractivity contribution < 1.29 is 4.74 Å². The van der Waals surface area contributed by atoms with Gasteiger partial charge in [-0.05, 0) is 48.5 Å². The zero-order valence-corrected chi connectivity index (χ0v) is 14.8. The van der Waals surface area contributed by atoms with E-state index in [-0.39, 0.29) is 5.54 Å². The van der Waals surface area contributed by atoms with Gasteiger partial charge in [-0.2, -0.15) is 0 Å². The van der Waals surface area contributed by atoms with E-state index in [0.29, 0.717) is 6.04 Å². The highest BCUT2D eigenvalue weighted by atomic mass is 79.9. The average Bonchev–Trinajstić information content (AvgIpc) is 2.54. The summed E-state index contributed by atoms with van der Waals surface area (Å²) in [6, 6.07) is 4.53. The Bertz CT molecular complexity index is 434. The maximum atomic E-state index is 5.50. The predicted octanol–water partition coefficient (Wildman–Crippen LogP) is 2.48. The lowest BCUT2D eigenvalue weighted by Crippen LogP contribution is -2.62. The van der Waals surface area contributed by atoms with Crippen LogP contribution in [0.4, 0.5) is 0 Å². The maximum Gasteiger partial charge on any atom is 0.0594 e. The van der Waals surface area contributed by atoms with Crippen molar-refractivity contribution in [3.05, 3.63) is 28.5 Å². The molecule has 1 aromatic rings. The summed E-state index contributed by atoms with van der Waals surface area (Å²) in [4.78, 5) is 7.09. The molecule has 2 rings (SSSR count). The van der Waals surface area contributed by atoms with Gasteiger partial charge in [0.05, 0.1) is 13.2 Å². The number of halogens is 1. The van der Waals surface area contributed by atoms with E-state index in [1.165, 1.54) is 0 Å². The summed E-state index contributed by atoms with van der Waals surface area (Å²) in [5.41, 5.74) is 1.25. The first kappa shape index (κ1) is 16.9. The van der Waals surface area contributed by atoms with Gasteiger partial charge in [0.15, 0.2) is 0 Å². The minimum absolute atomic E-state index is 0.118. The van der Waals surface area contributed by atoms with Crippen molar-refractivity contribution in [1.29, 1.82) is 0 Å². The third kappa shape index (κ3) is 4.03. The van der Waals surface area contributed by atoms with Crippen molar-refractivity contribution in [2.45, 2.75) is 38.3 Å². The highest BCUT2D eigenvalue weighted by Crippen LogP contribution is 2.27. The van der Waals surface area contributed by atoms with E-state index in [4.69, 9.17) is 4.74 Å². The van der Waals surface area contributed by atoms with Gasteiger partial charge in [0.2, 0.25) is 0 Å². The second-order valence-corrected chi connectivity index (χ2v) is 6.74. The summed E-state index contributed by atoms with van der Waals surface area (Å²) < 4.78 is 6.53. The van der Waals surface area contributed by atoms with Crippen LogP contribution in [0.15, 0.2) is 22.8 Å². The number of nitrogens with zero attached hydrogens (tertiary/aromatic N) is 2. The second kappa shape index (κ2) is 7.68. The van der Waals surface area contributed by atoms with Crippen molar-refractivity contribution in [3.8, 4) is 0 Å². The molecule has 0 bridgehead atoms. The van der Waals surface area contributed by atoms with E-state index in [1.807, 2.05) is 6.20 Å². The van der Waals surface area contributed by atoms with Gasteiger partial charge in [-0.3, -0.25) is 9.88 Å². The Balaban J connectivity index is 2.13. The number of aromatic nitrogens is 1. The zero-order valence-electron chi connectivity index (χ0n) is 13.2. The monoisotopic (exact) mass is 355 g/mol. The molecule has 0 amide bonds. The number of rotatable bonds is 6. The van der Waals surface area contributed by atoms with Crippen LogP contribution in [0.2, 0.25) is 0 Å². The van der Waals surface area contributed by atoms with Crippen molar-refractivity contribution >= 4 is 15.9 Å². The Morgan fingerprint density at radius 3 is 2.67 bits per heavy atom. The van der Waals surface area contributed by atoms with Gasteiger partial charge in [-0.1, -0.05) is 6.92 Å². The van der Waals surface area contributed by atoms with Crippen LogP contribution >= 0.6 is 15.9 Å². The molecule has 1 aliphatic heterocycles. The third-order valence-electron chi connectivity index (χ3n) is 4.75. The first-order valence-corrected chi connectivity index (χ1v) is 8.50. The molecule has 2 unspecified atom stereocenters. The van der Waals surface area contributed by atoms with Crippen molar-refractivity contribution in [3.63, 3.8) is 0 Å². The van der Waals surface area contributed by atoms with Crippen molar-refractivity contribution in [2.24, 2.45) is 0 Å². The molecule has 2 atom stereocenters. The fourth-order valence-corrected chi connectivity index (χ4v) is 3.37. The lowest BCUT2D eigenvalue weighted by Gasteiger charge is -2.47. The highest BCUT2D eigenvalue weighted by molar-refractivity contribution is 9.10. The molecule has 1 aromatic heterocycles. The van der Waals surface area contributed by atoms with Gasteiger partial charge in [0.1, 0.15) is 0 Å². The third-order valence-corrected chi connectivity index (χ3v) is 5.22. The Morgan fingerprint density at radius 1 is 1.43 bits per heavy atom. The Morgan fingerprint density at radius 2 is 2.14 bits per heavy atom. The summed E-state index contributed by atoms with van der Waals surface area (Å²) in [6.07, 6.45) is 3.92. The molecule has 21 heavy (non-hydrogen) atoms. The molecule has 0 aliphatic carbocycles. The van der Waals surface area contributed by atoms with E-state index in [0.717, 1.165) is 49.3 Å². The SMILES string of the molecule is CCC(C)(C(Cc1ccc(Br)cn1)NC)N1CCOCC1. The van der Waals surface area contributed by atoms with E-state index in [9.17, 15) is 0 Å². The number of pyridine rings is 1. The number of morpholine rings is 1. The van der Waals surface area contributed by atoms with Crippen LogP contribution < -0.4 is 5.32 Å². The fraction of sp³-hybridized carbons (Fsp3) is 0.688. The zero-order chi connectivity index (χ0) is 15.3. The summed E-state index contributed by atoms with van der Waals surface area (Å²) in [5, 5.41) is 3.52. The minimum atomic E-state index is 0.118. The number of nitrogens with one attached hydrogen (secondary N) is 1. The summed E-state index contributed by atoms with van der Waals surface area (Å²) in [5.74, 6) is 0. The van der Waals surface area contributed by atoms with Gasteiger partial charge in [0, 0.05) is 47.5 Å². The van der Waals surface area contributed by atoms with Crippen molar-refractivity contribution in [1.82, 2.24) is 15.2 Å². The normalized spacial score (nSPS) is 21.0. The molecule has 1 saturated heterocycles. The maximum absolute atomic E-state index is 5.50. The van der Waals surface area contributed by atoms with E-state index >= 15 is 0 Å². The molecule has 2 heterocycles. The van der Waals surface area contributed by atoms with Crippen molar-refractivity contribution in [2.75, 3.05) is 33.4 Å². The molecule has 4 nitrogen and oxygen atoms in total. The number of hydrogen-bond donors (Lipinski definition) is 1. The molecule has 118 valence electrons. The largest absolute Gasteiger partial charge is 0.379 e. The average molecular weight is 356 g/mol. The van der Waals surface area contributed by atoms with Gasteiger partial charge >= 0.3 is 0 Å².